The molecular weight excluding hydrogens is 908 g/mol. The summed E-state index contributed by atoms with van der Waals surface area (Å²) in [5.41, 5.74) is 1.46. The van der Waals surface area contributed by atoms with Crippen molar-refractivity contribution in [1.29, 1.82) is 5.26 Å². The summed E-state index contributed by atoms with van der Waals surface area (Å²) in [6, 6.07) is 52.9. The second-order valence-corrected chi connectivity index (χ2v) is 18.3. The zero-order valence-corrected chi connectivity index (χ0v) is 41.1. The highest BCUT2D eigenvalue weighted by atomic mass is 31.2. The van der Waals surface area contributed by atoms with E-state index < -0.39 is 56.8 Å². The Labute approximate surface area is 411 Å². The second kappa shape index (κ2) is 24.8. The Morgan fingerprint density at radius 1 is 0.614 bits per heavy atom. The third-order valence-corrected chi connectivity index (χ3v) is 13.7. The van der Waals surface area contributed by atoms with Gasteiger partial charge in [-0.25, -0.2) is 14.3 Å². The van der Waals surface area contributed by atoms with Gasteiger partial charge in [-0.15, -0.1) is 0 Å². The van der Waals surface area contributed by atoms with Crippen LogP contribution in [0.4, 0.5) is 0 Å². The number of carbonyl (C=O) groups is 2. The fraction of sp³-hybridized carbons (Fsp3) is 0.304. The molecule has 1 heterocycles. The van der Waals surface area contributed by atoms with Crippen molar-refractivity contribution in [2.45, 2.75) is 82.5 Å². The Morgan fingerprint density at radius 2 is 1.07 bits per heavy atom. The van der Waals surface area contributed by atoms with Crippen molar-refractivity contribution < 1.29 is 51.8 Å². The number of hydrogen-bond donors (Lipinski definition) is 0. The number of methoxy groups -OCH3 is 2. The summed E-state index contributed by atoms with van der Waals surface area (Å²) in [6.45, 7) is 7.88. The Morgan fingerprint density at radius 3 is 1.54 bits per heavy atom. The predicted molar refractivity (Wildman–Crippen MR) is 265 cm³/mol. The predicted octanol–water partition coefficient (Wildman–Crippen LogP) is 10.9. The van der Waals surface area contributed by atoms with Crippen molar-refractivity contribution in [2.24, 2.45) is 0 Å². The van der Waals surface area contributed by atoms with Crippen LogP contribution in [0.3, 0.4) is 0 Å². The summed E-state index contributed by atoms with van der Waals surface area (Å²) in [4.78, 5) is 28.8. The lowest BCUT2D eigenvalue weighted by molar-refractivity contribution is -0.277. The van der Waals surface area contributed by atoms with Crippen LogP contribution in [0.15, 0.2) is 170 Å². The summed E-state index contributed by atoms with van der Waals surface area (Å²) >= 11 is 0. The molecule has 6 aromatic carbocycles. The van der Waals surface area contributed by atoms with Gasteiger partial charge in [0.05, 0.1) is 51.1 Å². The fourth-order valence-corrected chi connectivity index (χ4v) is 10.1. The van der Waals surface area contributed by atoms with Gasteiger partial charge in [0, 0.05) is 12.1 Å². The van der Waals surface area contributed by atoms with Crippen LogP contribution in [-0.4, -0.2) is 86.8 Å². The molecule has 0 saturated carbocycles. The molecule has 0 aromatic heterocycles. The minimum absolute atomic E-state index is 0.0412. The van der Waals surface area contributed by atoms with E-state index in [4.69, 9.17) is 42.2 Å². The summed E-state index contributed by atoms with van der Waals surface area (Å²) in [5.74, 6) is 0.256. The van der Waals surface area contributed by atoms with E-state index in [0.717, 1.165) is 16.7 Å². The SMILES string of the molecule is COc1ccc(C(OC[C@H]2O[C@@H](Oc3ccccc3)[C@H](OC(=O)c3ccccc3)[C@@H](OC(=O)c3ccccc3)[C@@H]2OP(OCCC#N)N(C(C)C)C(C)C)(c2ccccc2)c2ccc(OC)cc2)cc1. The molecule has 1 aliphatic rings. The summed E-state index contributed by atoms with van der Waals surface area (Å²) in [6.07, 6.45) is -6.59. The number of rotatable bonds is 22. The molecule has 0 radical (unpaired) electrons. The van der Waals surface area contributed by atoms with Crippen molar-refractivity contribution in [3.63, 3.8) is 0 Å². The van der Waals surface area contributed by atoms with Gasteiger partial charge >= 0.3 is 11.9 Å². The molecule has 14 heteroatoms. The van der Waals surface area contributed by atoms with Crippen LogP contribution in [0.1, 0.15) is 71.5 Å². The summed E-state index contributed by atoms with van der Waals surface area (Å²) < 4.78 is 61.2. The van der Waals surface area contributed by atoms with Gasteiger partial charge in [0.2, 0.25) is 12.4 Å². The van der Waals surface area contributed by atoms with Gasteiger partial charge in [-0.2, -0.15) is 5.26 Å². The van der Waals surface area contributed by atoms with E-state index in [1.807, 2.05) is 113 Å². The molecule has 0 spiro atoms. The first-order valence-corrected chi connectivity index (χ1v) is 24.3. The van der Waals surface area contributed by atoms with E-state index in [9.17, 15) is 14.9 Å². The van der Waals surface area contributed by atoms with Crippen molar-refractivity contribution in [2.75, 3.05) is 27.4 Å². The lowest BCUT2D eigenvalue weighted by Gasteiger charge is -2.47. The van der Waals surface area contributed by atoms with E-state index >= 15 is 0 Å². The Hall–Kier alpha value is -6.62. The van der Waals surface area contributed by atoms with Gasteiger partial charge in [-0.05, 0) is 105 Å². The van der Waals surface area contributed by atoms with Crippen LogP contribution in [0.2, 0.25) is 0 Å². The van der Waals surface area contributed by atoms with Crippen LogP contribution in [-0.2, 0) is 33.6 Å². The molecule has 364 valence electrons. The highest BCUT2D eigenvalue weighted by Crippen LogP contribution is 2.50. The number of para-hydroxylation sites is 1. The number of ether oxygens (including phenoxy) is 7. The molecule has 1 aliphatic heterocycles. The normalized spacial score (nSPS) is 18.4. The lowest BCUT2D eigenvalue weighted by atomic mass is 9.80. The van der Waals surface area contributed by atoms with E-state index in [-0.39, 0.29) is 42.8 Å². The van der Waals surface area contributed by atoms with E-state index in [1.165, 1.54) is 0 Å². The minimum Gasteiger partial charge on any atom is -0.497 e. The molecule has 13 nitrogen and oxygen atoms in total. The maximum absolute atomic E-state index is 14.5. The third kappa shape index (κ3) is 12.4. The first-order valence-electron chi connectivity index (χ1n) is 23.2. The molecule has 0 aliphatic carbocycles. The van der Waals surface area contributed by atoms with Crippen LogP contribution in [0, 0.1) is 11.3 Å². The van der Waals surface area contributed by atoms with Crippen molar-refractivity contribution in [3.05, 3.63) is 198 Å². The summed E-state index contributed by atoms with van der Waals surface area (Å²) in [7, 11) is 1.17. The molecule has 6 aromatic rings. The van der Waals surface area contributed by atoms with Crippen LogP contribution in [0.25, 0.3) is 0 Å². The Balaban J connectivity index is 1.44. The molecule has 0 N–H and O–H groups in total. The fourth-order valence-electron chi connectivity index (χ4n) is 8.34. The van der Waals surface area contributed by atoms with Gasteiger partial charge in [-0.1, -0.05) is 109 Å². The van der Waals surface area contributed by atoms with Gasteiger partial charge < -0.3 is 42.2 Å². The van der Waals surface area contributed by atoms with Gasteiger partial charge in [-0.3, -0.25) is 0 Å². The monoisotopic (exact) mass is 966 g/mol. The molecular formula is C56H59N2O11P. The van der Waals surface area contributed by atoms with Gasteiger partial charge in [0.1, 0.15) is 35.1 Å². The molecule has 1 unspecified atom stereocenters. The minimum atomic E-state index is -2.05. The van der Waals surface area contributed by atoms with Crippen LogP contribution < -0.4 is 14.2 Å². The smallest absolute Gasteiger partial charge is 0.338 e. The molecule has 0 bridgehead atoms. The number of nitriles is 1. The molecule has 1 saturated heterocycles. The van der Waals surface area contributed by atoms with Crippen molar-refractivity contribution >= 4 is 20.5 Å². The number of carbonyl (C=O) groups excluding carboxylic acids is 2. The number of hydrogen-bond acceptors (Lipinski definition) is 13. The topological polar surface area (TPSA) is 144 Å². The maximum atomic E-state index is 14.5. The third-order valence-electron chi connectivity index (χ3n) is 11.6. The largest absolute Gasteiger partial charge is 0.497 e. The van der Waals surface area contributed by atoms with E-state index in [0.29, 0.717) is 17.2 Å². The van der Waals surface area contributed by atoms with Crippen molar-refractivity contribution in [3.8, 4) is 23.3 Å². The first kappa shape index (κ1) is 51.2. The van der Waals surface area contributed by atoms with Crippen molar-refractivity contribution in [1.82, 2.24) is 4.67 Å². The quantitative estimate of drug-likeness (QED) is 0.0276. The molecule has 6 atom stereocenters. The van der Waals surface area contributed by atoms with Crippen LogP contribution in [0.5, 0.6) is 17.2 Å². The average molecular weight is 967 g/mol. The number of nitrogens with zero attached hydrogens (tertiary/aromatic N) is 2. The lowest BCUT2D eigenvalue weighted by Crippen LogP contribution is -2.63. The zero-order valence-electron chi connectivity index (χ0n) is 40.2. The summed E-state index contributed by atoms with van der Waals surface area (Å²) in [5, 5.41) is 9.65. The highest BCUT2D eigenvalue weighted by molar-refractivity contribution is 7.44. The Bertz CT molecular complexity index is 2530. The highest BCUT2D eigenvalue weighted by Gasteiger charge is 2.55. The average Bonchev–Trinajstić information content (AvgIpc) is 3.39. The molecule has 0 amide bonds. The van der Waals surface area contributed by atoms with E-state index in [1.54, 1.807) is 99.1 Å². The first-order chi connectivity index (χ1) is 34.1. The molecule has 70 heavy (non-hydrogen) atoms. The number of benzene rings is 6. The Kier molecular flexibility index (Phi) is 18.1. The standard InChI is InChI=1S/C56H59N2O11P/c1-39(2)58(40(3)4)70(64-37-19-36-57)69-50-49(38-63-56(43-24-15-9-16-25-43,44-28-32-46(61-5)33-29-44)45-30-34-47(62-6)35-31-45)66-55(65-48-26-17-10-18-27-48)52(68-54(60)42-22-13-8-14-23-42)51(50)67-53(59)41-20-11-7-12-21-41/h7-18,20-35,39-40,49-52,55H,19,37-38H2,1-6H3/t49-,50-,51+,52-,55-,70?/m1/s1. The second-order valence-electron chi connectivity index (χ2n) is 16.9. The zero-order chi connectivity index (χ0) is 49.5. The van der Waals surface area contributed by atoms with Gasteiger partial charge in [0.25, 0.3) is 8.53 Å². The van der Waals surface area contributed by atoms with Crippen LogP contribution >= 0.6 is 8.53 Å². The van der Waals surface area contributed by atoms with Gasteiger partial charge in [0.15, 0.2) is 6.10 Å². The molecule has 1 fully saturated rings. The van der Waals surface area contributed by atoms with E-state index in [2.05, 4.69) is 10.7 Å². The maximum Gasteiger partial charge on any atom is 0.338 e. The molecule has 7 rings (SSSR count). The number of esters is 2.